The van der Waals surface area contributed by atoms with Crippen LogP contribution in [-0.4, -0.2) is 14.2 Å². The van der Waals surface area contributed by atoms with Crippen LogP contribution in [0.5, 0.6) is 0 Å². The summed E-state index contributed by atoms with van der Waals surface area (Å²) in [5, 5.41) is 0. The van der Waals surface area contributed by atoms with Gasteiger partial charge < -0.3 is 0 Å². The minimum Gasteiger partial charge on any atom is -0.238 e. The molecule has 0 aliphatic heterocycles. The molecule has 3 nitrogen and oxygen atoms in total. The second kappa shape index (κ2) is 7.63. The van der Waals surface area contributed by atoms with Crippen molar-refractivity contribution in [1.82, 2.24) is 0 Å². The van der Waals surface area contributed by atoms with Gasteiger partial charge in [0.25, 0.3) is 0 Å². The molecule has 2 aromatic carbocycles. The molecule has 0 amide bonds. The quantitative estimate of drug-likeness (QED) is 0.639. The van der Waals surface area contributed by atoms with E-state index in [2.05, 4.69) is 11.8 Å². The van der Waals surface area contributed by atoms with Gasteiger partial charge in [-0.15, -0.1) is 0 Å². The summed E-state index contributed by atoms with van der Waals surface area (Å²) in [6, 6.07) is 12.8. The topological polar surface area (TPSA) is 38.5 Å². The lowest BCUT2D eigenvalue weighted by Gasteiger charge is -2.25. The smallest absolute Gasteiger partial charge is 0.187 e. The molecule has 0 aromatic heterocycles. The first-order valence-corrected chi connectivity index (χ1v) is 10.9. The standard InChI is InChI=1S/C22H25NO2S/c1-16-4-6-18(7-5-16)15-26(24,25)21-12-13-22(17(2)14-21)19-8-10-20(23-3)11-9-19/h8-14,16,18H,4-7,15H2,1-2H3. The van der Waals surface area contributed by atoms with Gasteiger partial charge in [-0.3, -0.25) is 0 Å². The monoisotopic (exact) mass is 367 g/mol. The highest BCUT2D eigenvalue weighted by Crippen LogP contribution is 2.32. The van der Waals surface area contributed by atoms with Gasteiger partial charge in [-0.1, -0.05) is 50.1 Å². The molecule has 1 aliphatic rings. The summed E-state index contributed by atoms with van der Waals surface area (Å²) in [6.45, 7) is 11.2. The number of hydrogen-bond donors (Lipinski definition) is 0. The molecular weight excluding hydrogens is 342 g/mol. The molecule has 3 rings (SSSR count). The summed E-state index contributed by atoms with van der Waals surface area (Å²) in [4.78, 5) is 3.83. The maximum atomic E-state index is 12.8. The van der Waals surface area contributed by atoms with Crippen molar-refractivity contribution in [2.24, 2.45) is 11.8 Å². The molecule has 4 heteroatoms. The molecule has 26 heavy (non-hydrogen) atoms. The fraction of sp³-hybridized carbons (Fsp3) is 0.409. The van der Waals surface area contributed by atoms with E-state index in [1.165, 1.54) is 0 Å². The van der Waals surface area contributed by atoms with Gasteiger partial charge in [-0.25, -0.2) is 13.3 Å². The van der Waals surface area contributed by atoms with Crippen molar-refractivity contribution >= 4 is 15.5 Å². The SMILES string of the molecule is [C-]#[N+]c1ccc(-c2ccc(S(=O)(=O)CC3CCC(C)CC3)cc2C)cc1. The molecule has 0 saturated heterocycles. The molecule has 0 heterocycles. The fourth-order valence-corrected chi connectivity index (χ4v) is 5.55. The molecule has 0 unspecified atom stereocenters. The Balaban J connectivity index is 1.80. The molecular formula is C22H25NO2S. The van der Waals surface area contributed by atoms with Gasteiger partial charge in [0.15, 0.2) is 15.5 Å². The van der Waals surface area contributed by atoms with Crippen LogP contribution in [0.25, 0.3) is 16.0 Å². The maximum absolute atomic E-state index is 12.8. The molecule has 2 aromatic rings. The maximum Gasteiger partial charge on any atom is 0.187 e. The summed E-state index contributed by atoms with van der Waals surface area (Å²) < 4.78 is 25.7. The first-order chi connectivity index (χ1) is 12.4. The number of sulfone groups is 1. The van der Waals surface area contributed by atoms with Gasteiger partial charge in [0, 0.05) is 0 Å². The lowest BCUT2D eigenvalue weighted by Crippen LogP contribution is -2.21. The lowest BCUT2D eigenvalue weighted by molar-refractivity contribution is 0.308. The third-order valence-electron chi connectivity index (χ3n) is 5.45. The minimum absolute atomic E-state index is 0.262. The van der Waals surface area contributed by atoms with E-state index in [1.54, 1.807) is 24.3 Å². The number of benzene rings is 2. The van der Waals surface area contributed by atoms with Crippen molar-refractivity contribution in [2.45, 2.75) is 44.4 Å². The number of hydrogen-bond acceptors (Lipinski definition) is 2. The van der Waals surface area contributed by atoms with Crippen LogP contribution in [0.2, 0.25) is 0 Å². The number of rotatable bonds is 4. The van der Waals surface area contributed by atoms with Crippen molar-refractivity contribution in [3.05, 3.63) is 59.4 Å². The van der Waals surface area contributed by atoms with Crippen LogP contribution in [0, 0.1) is 25.3 Å². The van der Waals surface area contributed by atoms with E-state index in [1.807, 2.05) is 25.1 Å². The number of aryl methyl sites for hydroxylation is 1. The van der Waals surface area contributed by atoms with Gasteiger partial charge in [0.2, 0.25) is 0 Å². The van der Waals surface area contributed by atoms with Crippen LogP contribution in [0.4, 0.5) is 5.69 Å². The van der Waals surface area contributed by atoms with E-state index >= 15 is 0 Å². The van der Waals surface area contributed by atoms with Crippen LogP contribution in [-0.2, 0) is 9.84 Å². The van der Waals surface area contributed by atoms with E-state index < -0.39 is 9.84 Å². The Kier molecular flexibility index (Phi) is 5.48. The highest BCUT2D eigenvalue weighted by Gasteiger charge is 2.25. The van der Waals surface area contributed by atoms with Crippen LogP contribution in [0.15, 0.2) is 47.4 Å². The summed E-state index contributed by atoms with van der Waals surface area (Å²) in [5.74, 6) is 1.28. The Hall–Kier alpha value is -2.12. The van der Waals surface area contributed by atoms with Crippen molar-refractivity contribution < 1.29 is 8.42 Å². The Morgan fingerprint density at radius 3 is 2.27 bits per heavy atom. The molecule has 1 fully saturated rings. The van der Waals surface area contributed by atoms with Crippen LogP contribution < -0.4 is 0 Å². The van der Waals surface area contributed by atoms with Gasteiger partial charge >= 0.3 is 0 Å². The van der Waals surface area contributed by atoms with Gasteiger partial charge in [-0.2, -0.15) is 0 Å². The Morgan fingerprint density at radius 1 is 1.04 bits per heavy atom. The van der Waals surface area contributed by atoms with Crippen molar-refractivity contribution in [1.29, 1.82) is 0 Å². The Morgan fingerprint density at radius 2 is 1.69 bits per heavy atom. The largest absolute Gasteiger partial charge is 0.238 e. The molecule has 0 N–H and O–H groups in total. The van der Waals surface area contributed by atoms with E-state index in [9.17, 15) is 8.42 Å². The highest BCUT2D eigenvalue weighted by molar-refractivity contribution is 7.91. The van der Waals surface area contributed by atoms with Crippen molar-refractivity contribution in [2.75, 3.05) is 5.75 Å². The molecule has 136 valence electrons. The van der Waals surface area contributed by atoms with E-state index in [0.29, 0.717) is 10.6 Å². The molecule has 1 aliphatic carbocycles. The highest BCUT2D eigenvalue weighted by atomic mass is 32.2. The summed E-state index contributed by atoms with van der Waals surface area (Å²) in [5.41, 5.74) is 3.55. The lowest BCUT2D eigenvalue weighted by atomic mass is 9.84. The van der Waals surface area contributed by atoms with Crippen molar-refractivity contribution in [3.8, 4) is 11.1 Å². The van der Waals surface area contributed by atoms with E-state index in [4.69, 9.17) is 6.57 Å². The van der Waals surface area contributed by atoms with Crippen molar-refractivity contribution in [3.63, 3.8) is 0 Å². The zero-order valence-corrected chi connectivity index (χ0v) is 16.2. The molecule has 1 saturated carbocycles. The molecule has 0 radical (unpaired) electrons. The van der Waals surface area contributed by atoms with Crippen LogP contribution in [0.1, 0.15) is 38.2 Å². The minimum atomic E-state index is -3.25. The average molecular weight is 368 g/mol. The zero-order valence-electron chi connectivity index (χ0n) is 15.4. The normalized spacial score (nSPS) is 20.5. The van der Waals surface area contributed by atoms with E-state index in [-0.39, 0.29) is 11.7 Å². The molecule has 0 spiro atoms. The molecule has 0 bridgehead atoms. The average Bonchev–Trinajstić information content (AvgIpc) is 2.63. The summed E-state index contributed by atoms with van der Waals surface area (Å²) in [6.07, 6.45) is 4.31. The Bertz CT molecular complexity index is 916. The third kappa shape index (κ3) is 4.16. The second-order valence-electron chi connectivity index (χ2n) is 7.54. The predicted molar refractivity (Wildman–Crippen MR) is 106 cm³/mol. The Labute approximate surface area is 156 Å². The first kappa shape index (κ1) is 18.7. The third-order valence-corrected chi connectivity index (χ3v) is 7.34. The summed E-state index contributed by atoms with van der Waals surface area (Å²) >= 11 is 0. The fourth-order valence-electron chi connectivity index (χ4n) is 3.77. The van der Waals surface area contributed by atoms with Gasteiger partial charge in [0.1, 0.15) is 0 Å². The summed E-state index contributed by atoms with van der Waals surface area (Å²) in [7, 11) is -3.25. The number of nitrogens with zero attached hydrogens (tertiary/aromatic N) is 1. The van der Waals surface area contributed by atoms with E-state index in [0.717, 1.165) is 48.3 Å². The van der Waals surface area contributed by atoms with Crippen LogP contribution >= 0.6 is 0 Å². The van der Waals surface area contributed by atoms with Crippen LogP contribution in [0.3, 0.4) is 0 Å². The zero-order chi connectivity index (χ0) is 18.7. The van der Waals surface area contributed by atoms with Gasteiger partial charge in [-0.05, 0) is 60.4 Å². The molecule has 0 atom stereocenters. The first-order valence-electron chi connectivity index (χ1n) is 9.20. The second-order valence-corrected chi connectivity index (χ2v) is 9.58. The van der Waals surface area contributed by atoms with Gasteiger partial charge in [0.05, 0.1) is 17.2 Å². The predicted octanol–water partition coefficient (Wildman–Crippen LogP) is 5.81.